The first-order valence-electron chi connectivity index (χ1n) is 11.8. The molecule has 0 saturated carbocycles. The lowest BCUT2D eigenvalue weighted by Crippen LogP contribution is -2.45. The van der Waals surface area contributed by atoms with Crippen molar-refractivity contribution in [2.24, 2.45) is 0 Å². The maximum Gasteiger partial charge on any atom is 0.412 e. The molecule has 5 rings (SSSR count). The van der Waals surface area contributed by atoms with Crippen molar-refractivity contribution in [1.82, 2.24) is 9.96 Å². The van der Waals surface area contributed by atoms with Crippen molar-refractivity contribution in [2.75, 3.05) is 30.4 Å². The minimum absolute atomic E-state index is 0.0865. The van der Waals surface area contributed by atoms with Gasteiger partial charge >= 0.3 is 6.09 Å². The fourth-order valence-corrected chi connectivity index (χ4v) is 6.15. The van der Waals surface area contributed by atoms with Gasteiger partial charge in [-0.2, -0.15) is 0 Å². The van der Waals surface area contributed by atoms with E-state index in [1.54, 1.807) is 0 Å². The van der Waals surface area contributed by atoms with Gasteiger partial charge in [-0.25, -0.2) is 9.86 Å². The number of carboxylic acid groups (broad SMARTS) is 1. The van der Waals surface area contributed by atoms with Crippen LogP contribution < -0.4 is 9.80 Å². The lowest BCUT2D eigenvalue weighted by Gasteiger charge is -2.32. The lowest BCUT2D eigenvalue weighted by molar-refractivity contribution is -0.193. The summed E-state index contributed by atoms with van der Waals surface area (Å²) in [4.78, 5) is 37.4. The highest BCUT2D eigenvalue weighted by molar-refractivity contribution is 5.98. The molecule has 2 aromatic carbocycles. The molecule has 0 spiro atoms. The van der Waals surface area contributed by atoms with E-state index in [0.717, 1.165) is 29.8 Å². The van der Waals surface area contributed by atoms with Crippen molar-refractivity contribution in [2.45, 2.75) is 57.0 Å². The monoisotopic (exact) mass is 464 g/mol. The number of hydrogen-bond acceptors (Lipinski definition) is 5. The third kappa shape index (κ3) is 3.44. The van der Waals surface area contributed by atoms with E-state index in [1.165, 1.54) is 9.96 Å². The molecule has 3 aliphatic rings. The number of hydroxylamine groups is 2. The van der Waals surface area contributed by atoms with Crippen molar-refractivity contribution < 1.29 is 19.5 Å². The second-order valence-electron chi connectivity index (χ2n) is 10.0. The molecule has 34 heavy (non-hydrogen) atoms. The summed E-state index contributed by atoms with van der Waals surface area (Å²) in [5.41, 5.74) is 3.66. The summed E-state index contributed by atoms with van der Waals surface area (Å²) in [6.45, 7) is 5.39. The molecule has 2 amide bonds. The van der Waals surface area contributed by atoms with Gasteiger partial charge in [-0.05, 0) is 49.7 Å². The van der Waals surface area contributed by atoms with E-state index in [1.807, 2.05) is 55.5 Å². The van der Waals surface area contributed by atoms with Gasteiger partial charge in [0.05, 0.1) is 12.2 Å². The summed E-state index contributed by atoms with van der Waals surface area (Å²) in [6, 6.07) is 14.4. The molecule has 0 aliphatic carbocycles. The Morgan fingerprint density at radius 3 is 2.65 bits per heavy atom. The van der Waals surface area contributed by atoms with Crippen molar-refractivity contribution in [3.8, 4) is 0 Å². The molecule has 3 aliphatic heterocycles. The van der Waals surface area contributed by atoms with Gasteiger partial charge in [0.2, 0.25) is 0 Å². The molecule has 2 aromatic rings. The van der Waals surface area contributed by atoms with Crippen LogP contribution in [-0.4, -0.2) is 66.0 Å². The van der Waals surface area contributed by atoms with Crippen LogP contribution in [0.25, 0.3) is 0 Å². The third-order valence-electron chi connectivity index (χ3n) is 7.79. The first kappa shape index (κ1) is 22.7. The second kappa shape index (κ2) is 8.29. The van der Waals surface area contributed by atoms with Crippen LogP contribution in [0.5, 0.6) is 0 Å². The van der Waals surface area contributed by atoms with Crippen molar-refractivity contribution in [3.63, 3.8) is 0 Å². The number of nitrogens with zero attached hydrogens (tertiary/aromatic N) is 4. The summed E-state index contributed by atoms with van der Waals surface area (Å²) in [5.74, 6) is -0.326. The van der Waals surface area contributed by atoms with Crippen molar-refractivity contribution in [1.29, 1.82) is 0 Å². The number of carbonyl (C=O) groups excluding carboxylic acids is 1. The number of likely N-dealkylation sites (N-methyl/N-ethyl adjacent to an activating group) is 2. The number of hydrogen-bond donors (Lipinski definition) is 1. The average molecular weight is 465 g/mol. The Morgan fingerprint density at radius 2 is 1.94 bits per heavy atom. The predicted octanol–water partition coefficient (Wildman–Crippen LogP) is 3.66. The zero-order chi connectivity index (χ0) is 24.2. The smallest absolute Gasteiger partial charge is 0.412 e. The Hall–Kier alpha value is -3.10. The number of carbonyl (C=O) groups is 2. The van der Waals surface area contributed by atoms with E-state index in [-0.39, 0.29) is 30.1 Å². The quantitative estimate of drug-likeness (QED) is 0.728. The topological polar surface area (TPSA) is 76.6 Å². The second-order valence-corrected chi connectivity index (χ2v) is 10.0. The highest BCUT2D eigenvalue weighted by Crippen LogP contribution is 2.52. The number of anilines is 2. The van der Waals surface area contributed by atoms with Gasteiger partial charge in [0.25, 0.3) is 5.91 Å². The fourth-order valence-electron chi connectivity index (χ4n) is 6.15. The Labute approximate surface area is 200 Å². The molecule has 0 radical (unpaired) electrons. The molecule has 3 unspecified atom stereocenters. The van der Waals surface area contributed by atoms with Gasteiger partial charge in [0.15, 0.2) is 0 Å². The van der Waals surface area contributed by atoms with Crippen LogP contribution in [0.15, 0.2) is 48.5 Å². The van der Waals surface area contributed by atoms with Crippen LogP contribution in [-0.2, 0) is 21.7 Å². The molecular weight excluding hydrogens is 432 g/mol. The third-order valence-corrected chi connectivity index (χ3v) is 7.79. The maximum atomic E-state index is 13.3. The summed E-state index contributed by atoms with van der Waals surface area (Å²) >= 11 is 0. The average Bonchev–Trinajstić information content (AvgIpc) is 3.35. The highest BCUT2D eigenvalue weighted by atomic mass is 16.7. The fraction of sp³-hybridized carbons (Fsp3) is 0.462. The molecule has 8 nitrogen and oxygen atoms in total. The van der Waals surface area contributed by atoms with E-state index in [9.17, 15) is 14.7 Å². The van der Waals surface area contributed by atoms with Gasteiger partial charge < -0.3 is 10.0 Å². The Balaban J connectivity index is 1.42. The molecule has 4 atom stereocenters. The molecule has 1 N–H and O–H groups in total. The van der Waals surface area contributed by atoms with Crippen molar-refractivity contribution >= 4 is 23.4 Å². The van der Waals surface area contributed by atoms with Gasteiger partial charge in [0, 0.05) is 36.8 Å². The minimum atomic E-state index is -1.13. The molecule has 0 aromatic heterocycles. The number of rotatable bonds is 5. The summed E-state index contributed by atoms with van der Waals surface area (Å²) in [6.07, 6.45) is 0.486. The van der Waals surface area contributed by atoms with Crippen LogP contribution in [0.4, 0.5) is 16.2 Å². The highest BCUT2D eigenvalue weighted by Gasteiger charge is 2.52. The summed E-state index contributed by atoms with van der Waals surface area (Å²) < 4.78 is 0. The van der Waals surface area contributed by atoms with Crippen LogP contribution >= 0.6 is 0 Å². The number of likely N-dealkylation sites (tertiary alicyclic amines) is 1. The van der Waals surface area contributed by atoms with Gasteiger partial charge in [-0.1, -0.05) is 37.3 Å². The Kier molecular flexibility index (Phi) is 5.53. The maximum absolute atomic E-state index is 13.3. The minimum Gasteiger partial charge on any atom is -0.465 e. The Morgan fingerprint density at radius 1 is 1.21 bits per heavy atom. The molecule has 2 fully saturated rings. The summed E-state index contributed by atoms with van der Waals surface area (Å²) in [7, 11) is 4.22. The van der Waals surface area contributed by atoms with Crippen LogP contribution in [0, 0.1) is 0 Å². The number of fused-ring (bicyclic) bond motifs is 3. The zero-order valence-electron chi connectivity index (χ0n) is 20.1. The van der Waals surface area contributed by atoms with Crippen LogP contribution in [0.2, 0.25) is 0 Å². The van der Waals surface area contributed by atoms with E-state index < -0.39 is 12.1 Å². The molecule has 180 valence electrons. The predicted molar refractivity (Wildman–Crippen MR) is 130 cm³/mol. The van der Waals surface area contributed by atoms with Gasteiger partial charge in [-0.3, -0.25) is 19.4 Å². The molecule has 8 heteroatoms. The standard InChI is InChI=1S/C26H32N4O4/c1-17-14-22(23(31)30(17)34-16-18-8-6-5-7-9-18)29(25(32)33)19-10-11-21-20(15-19)26(2)12-13-27(3)24(26)28(21)4/h5-11,15,17,22,24H,12-14,16H2,1-4H3,(H,32,33)/t17?,22?,24?,26-/m0/s1. The largest absolute Gasteiger partial charge is 0.465 e. The van der Waals surface area contributed by atoms with E-state index >= 15 is 0 Å². The Bertz CT molecular complexity index is 1110. The normalized spacial score (nSPS) is 28.4. The summed E-state index contributed by atoms with van der Waals surface area (Å²) in [5, 5.41) is 11.5. The first-order valence-corrected chi connectivity index (χ1v) is 11.8. The molecule has 2 saturated heterocycles. The zero-order valence-corrected chi connectivity index (χ0v) is 20.1. The lowest BCUT2D eigenvalue weighted by atomic mass is 9.81. The SMILES string of the molecule is CC1CC(N(C(=O)O)c2ccc3c(c2)[C@]2(C)CCN(C)C2N3C)C(=O)N1OCc1ccccc1. The van der Waals surface area contributed by atoms with Crippen molar-refractivity contribution in [3.05, 3.63) is 59.7 Å². The molecule has 0 bridgehead atoms. The van der Waals surface area contributed by atoms with Crippen LogP contribution in [0.3, 0.4) is 0 Å². The van der Waals surface area contributed by atoms with E-state index in [4.69, 9.17) is 4.84 Å². The van der Waals surface area contributed by atoms with Gasteiger partial charge in [-0.15, -0.1) is 0 Å². The molecule has 3 heterocycles. The molecular formula is C26H32N4O4. The van der Waals surface area contributed by atoms with Gasteiger partial charge in [0.1, 0.15) is 12.6 Å². The van der Waals surface area contributed by atoms with Crippen LogP contribution in [0.1, 0.15) is 37.8 Å². The van der Waals surface area contributed by atoms with E-state index in [0.29, 0.717) is 12.1 Å². The number of amides is 2. The van der Waals surface area contributed by atoms with E-state index in [2.05, 4.69) is 30.8 Å². The first-order chi connectivity index (χ1) is 16.2. The number of benzene rings is 2.